The summed E-state index contributed by atoms with van der Waals surface area (Å²) in [5.74, 6) is -0.0923. The van der Waals surface area contributed by atoms with Crippen molar-refractivity contribution < 1.29 is 19.4 Å². The highest BCUT2D eigenvalue weighted by atomic mass is 35.5. The third kappa shape index (κ3) is 6.62. The molecule has 0 unspecified atom stereocenters. The van der Waals surface area contributed by atoms with Gasteiger partial charge in [-0.3, -0.25) is 14.5 Å². The number of amides is 1. The molecule has 1 fully saturated rings. The number of nitrogens with two attached hydrogens (primary N) is 1. The lowest BCUT2D eigenvalue weighted by Gasteiger charge is -2.28. The Balaban J connectivity index is 0.000000709. The molecule has 2 aliphatic heterocycles. The minimum atomic E-state index is -1.01. The number of nitrogen functional groups attached to an aromatic ring is 1. The Labute approximate surface area is 200 Å². The molecule has 0 radical (unpaired) electrons. The Bertz CT molecular complexity index is 982. The third-order valence-electron chi connectivity index (χ3n) is 4.91. The lowest BCUT2D eigenvalue weighted by atomic mass is 10.1. The molecule has 0 aromatic carbocycles. The van der Waals surface area contributed by atoms with E-state index in [2.05, 4.69) is 15.0 Å². The summed E-state index contributed by atoms with van der Waals surface area (Å²) in [5.41, 5.74) is 7.77. The number of hydrogen-bond acceptors (Lipinski definition) is 9. The molecule has 4 heterocycles. The number of fused-ring (bicyclic) bond motifs is 1. The average Bonchev–Trinajstić information content (AvgIpc) is 3.22. The fraction of sp³-hybridized carbons (Fsp3) is 0.500. The Hall–Kier alpha value is -2.76. The molecule has 4 rings (SSSR count). The van der Waals surface area contributed by atoms with Gasteiger partial charge in [0.1, 0.15) is 10.7 Å². The molecule has 2 aliphatic rings. The highest BCUT2D eigenvalue weighted by Gasteiger charge is 2.31. The predicted molar refractivity (Wildman–Crippen MR) is 125 cm³/mol. The van der Waals surface area contributed by atoms with Gasteiger partial charge in [-0.15, -0.1) is 23.2 Å². The first-order chi connectivity index (χ1) is 15.8. The molecule has 0 aliphatic carbocycles. The summed E-state index contributed by atoms with van der Waals surface area (Å²) in [4.78, 5) is 44.3. The van der Waals surface area contributed by atoms with E-state index in [4.69, 9.17) is 43.8 Å². The molecule has 1 saturated heterocycles. The predicted octanol–water partition coefficient (Wildman–Crippen LogP) is 1.92. The molecule has 13 heteroatoms. The largest absolute Gasteiger partial charge is 0.481 e. The van der Waals surface area contributed by atoms with Gasteiger partial charge in [0.2, 0.25) is 17.8 Å². The Morgan fingerprint density at radius 2 is 1.79 bits per heavy atom. The Kier molecular flexibility index (Phi) is 8.59. The molecule has 33 heavy (non-hydrogen) atoms. The van der Waals surface area contributed by atoms with Gasteiger partial charge in [0.05, 0.1) is 25.3 Å². The number of rotatable bonds is 5. The number of hydrogen-bond donors (Lipinski definition) is 2. The lowest BCUT2D eigenvalue weighted by Crippen LogP contribution is -2.38. The van der Waals surface area contributed by atoms with Gasteiger partial charge in [-0.05, 0) is 13.3 Å². The molecule has 178 valence electrons. The summed E-state index contributed by atoms with van der Waals surface area (Å²) in [6, 6.07) is 0. The van der Waals surface area contributed by atoms with Gasteiger partial charge in [0, 0.05) is 49.6 Å². The monoisotopic (exact) mass is 497 g/mol. The maximum absolute atomic E-state index is 12.6. The maximum Gasteiger partial charge on any atom is 0.303 e. The second kappa shape index (κ2) is 11.4. The van der Waals surface area contributed by atoms with Gasteiger partial charge >= 0.3 is 5.97 Å². The number of carboxylic acid groups (broad SMARTS) is 1. The van der Waals surface area contributed by atoms with Crippen molar-refractivity contribution in [1.82, 2.24) is 19.9 Å². The minimum absolute atomic E-state index is 0.0774. The van der Waals surface area contributed by atoms with Crippen LogP contribution in [0.25, 0.3) is 11.3 Å². The van der Waals surface area contributed by atoms with Crippen molar-refractivity contribution in [2.45, 2.75) is 31.0 Å². The van der Waals surface area contributed by atoms with Crippen LogP contribution in [-0.4, -0.2) is 74.6 Å². The Morgan fingerprint density at radius 1 is 1.15 bits per heavy atom. The number of aliphatic carboxylic acids is 1. The summed E-state index contributed by atoms with van der Waals surface area (Å²) in [6.45, 7) is 4.55. The van der Waals surface area contributed by atoms with E-state index in [9.17, 15) is 9.59 Å². The number of halogens is 2. The van der Waals surface area contributed by atoms with Crippen molar-refractivity contribution in [3.05, 3.63) is 18.0 Å². The fourth-order valence-corrected chi connectivity index (χ4v) is 3.44. The number of aromatic nitrogens is 4. The molecular weight excluding hydrogens is 473 g/mol. The number of carbonyl (C=O) groups is 2. The van der Waals surface area contributed by atoms with Gasteiger partial charge in [-0.1, -0.05) is 0 Å². The van der Waals surface area contributed by atoms with Gasteiger partial charge in [0.15, 0.2) is 0 Å². The normalized spacial score (nSPS) is 15.2. The fourth-order valence-electron chi connectivity index (χ4n) is 3.44. The zero-order valence-corrected chi connectivity index (χ0v) is 19.6. The molecule has 0 bridgehead atoms. The van der Waals surface area contributed by atoms with E-state index in [0.717, 1.165) is 5.56 Å². The van der Waals surface area contributed by atoms with Crippen LogP contribution < -0.4 is 15.5 Å². The number of morpholine rings is 1. The molecule has 0 saturated carbocycles. The second-order valence-electron chi connectivity index (χ2n) is 7.31. The second-order valence-corrected chi connectivity index (χ2v) is 8.84. The van der Waals surface area contributed by atoms with E-state index in [1.807, 2.05) is 4.90 Å². The number of ether oxygens (including phenoxy) is 1. The van der Waals surface area contributed by atoms with Crippen LogP contribution in [0.15, 0.2) is 12.4 Å². The Morgan fingerprint density at radius 3 is 2.39 bits per heavy atom. The molecule has 2 aromatic rings. The van der Waals surface area contributed by atoms with E-state index in [1.54, 1.807) is 24.2 Å². The molecule has 2 aromatic heterocycles. The first-order valence-corrected chi connectivity index (χ1v) is 11.3. The van der Waals surface area contributed by atoms with Crippen molar-refractivity contribution in [1.29, 1.82) is 0 Å². The summed E-state index contributed by atoms with van der Waals surface area (Å²) in [6.07, 6.45) is 3.47. The zero-order chi connectivity index (χ0) is 24.0. The van der Waals surface area contributed by atoms with Crippen molar-refractivity contribution >= 4 is 52.8 Å². The van der Waals surface area contributed by atoms with Crippen molar-refractivity contribution in [3.63, 3.8) is 0 Å². The molecule has 11 nitrogen and oxygen atoms in total. The van der Waals surface area contributed by atoms with E-state index >= 15 is 0 Å². The molecule has 3 N–H and O–H groups in total. The summed E-state index contributed by atoms with van der Waals surface area (Å²) in [5, 5.41) is 8.89. The number of alkyl halides is 2. The summed E-state index contributed by atoms with van der Waals surface area (Å²) < 4.78 is 5.40. The van der Waals surface area contributed by atoms with Gasteiger partial charge in [0.25, 0.3) is 0 Å². The van der Waals surface area contributed by atoms with E-state index < -0.39 is 5.97 Å². The zero-order valence-electron chi connectivity index (χ0n) is 18.1. The first kappa shape index (κ1) is 24.9. The molecule has 0 spiro atoms. The van der Waals surface area contributed by atoms with Crippen LogP contribution in [0.2, 0.25) is 0 Å². The number of nitrogens with zero attached hydrogens (tertiary/aromatic N) is 6. The van der Waals surface area contributed by atoms with Gasteiger partial charge in [-0.25, -0.2) is 15.0 Å². The van der Waals surface area contributed by atoms with Crippen LogP contribution in [0.3, 0.4) is 0 Å². The number of carbonyl (C=O) groups excluding carboxylic acids is 1. The van der Waals surface area contributed by atoms with E-state index in [1.165, 1.54) is 0 Å². The topological polar surface area (TPSA) is 148 Å². The van der Waals surface area contributed by atoms with Crippen LogP contribution in [-0.2, 0) is 20.7 Å². The van der Waals surface area contributed by atoms with Gasteiger partial charge in [-0.2, -0.15) is 4.98 Å². The summed E-state index contributed by atoms with van der Waals surface area (Å²) >= 11 is 10.1. The summed E-state index contributed by atoms with van der Waals surface area (Å²) in [7, 11) is 0. The minimum Gasteiger partial charge on any atom is -0.481 e. The van der Waals surface area contributed by atoms with E-state index in [0.29, 0.717) is 62.3 Å². The standard InChI is InChI=1S/C18H21N7O4.C2H4Cl2/c19-17-20-9-11(10-21-17)15-12-3-4-25(13(26)1-2-14(27)28)16(12)23-18(22-15)24-5-7-29-8-6-24;1-2(3)4/h9-10H,1-8H2,(H,27,28)(H2,19,20,21);2H,1H3. The average molecular weight is 498 g/mol. The molecule has 0 atom stereocenters. The SMILES string of the molecule is CC(Cl)Cl.Nc1ncc(-c2nc(N3CCOCC3)nc3c2CCN3C(=O)CCC(=O)O)cn1. The van der Waals surface area contributed by atoms with Crippen molar-refractivity contribution in [2.75, 3.05) is 48.4 Å². The van der Waals surface area contributed by atoms with E-state index in [-0.39, 0.29) is 29.5 Å². The quantitative estimate of drug-likeness (QED) is 0.586. The smallest absolute Gasteiger partial charge is 0.303 e. The highest BCUT2D eigenvalue weighted by molar-refractivity contribution is 6.43. The number of carboxylic acids is 1. The van der Waals surface area contributed by atoms with Crippen LogP contribution in [0.5, 0.6) is 0 Å². The van der Waals surface area contributed by atoms with Crippen molar-refractivity contribution in [2.24, 2.45) is 0 Å². The van der Waals surface area contributed by atoms with Crippen LogP contribution >= 0.6 is 23.2 Å². The maximum atomic E-state index is 12.6. The lowest BCUT2D eigenvalue weighted by molar-refractivity contribution is -0.138. The first-order valence-electron chi connectivity index (χ1n) is 10.4. The van der Waals surface area contributed by atoms with Crippen LogP contribution in [0.4, 0.5) is 17.7 Å². The molecular formula is C20H25Cl2N7O4. The van der Waals surface area contributed by atoms with Crippen LogP contribution in [0.1, 0.15) is 25.3 Å². The highest BCUT2D eigenvalue weighted by Crippen LogP contribution is 2.35. The van der Waals surface area contributed by atoms with Gasteiger partial charge < -0.3 is 20.5 Å². The van der Waals surface area contributed by atoms with Crippen LogP contribution in [0, 0.1) is 0 Å². The van der Waals surface area contributed by atoms with Crippen molar-refractivity contribution in [3.8, 4) is 11.3 Å². The molecule has 1 amide bonds. The number of anilines is 3. The third-order valence-corrected chi connectivity index (χ3v) is 4.91.